The highest BCUT2D eigenvalue weighted by atomic mass is 28.4. The van der Waals surface area contributed by atoms with E-state index in [2.05, 4.69) is 52.6 Å². The van der Waals surface area contributed by atoms with E-state index in [1.165, 1.54) is 0 Å². The van der Waals surface area contributed by atoms with Crippen molar-refractivity contribution >= 4 is 8.32 Å². The molecule has 1 saturated heterocycles. The molecule has 1 fully saturated rings. The van der Waals surface area contributed by atoms with Crippen molar-refractivity contribution in [3.63, 3.8) is 0 Å². The van der Waals surface area contributed by atoms with Crippen LogP contribution in [0.15, 0.2) is 24.8 Å². The van der Waals surface area contributed by atoms with Crippen molar-refractivity contribution in [3.05, 3.63) is 24.8 Å². The van der Waals surface area contributed by atoms with Gasteiger partial charge in [0.05, 0.1) is 0 Å². The lowest BCUT2D eigenvalue weighted by Crippen LogP contribution is -2.40. The fourth-order valence-corrected chi connectivity index (χ4v) is 3.04. The molecule has 0 aromatic heterocycles. The lowest BCUT2D eigenvalue weighted by atomic mass is 10.2. The molecular formula is C17H32O3Si. The van der Waals surface area contributed by atoms with Gasteiger partial charge in [-0.2, -0.15) is 0 Å². The number of rotatable bonds is 6. The van der Waals surface area contributed by atoms with Crippen LogP contribution in [-0.2, 0) is 13.9 Å². The van der Waals surface area contributed by atoms with Crippen LogP contribution < -0.4 is 0 Å². The molecule has 1 aliphatic heterocycles. The minimum absolute atomic E-state index is 0.0506. The van der Waals surface area contributed by atoms with Crippen molar-refractivity contribution in [3.8, 4) is 0 Å². The maximum Gasteiger partial charge on any atom is 0.191 e. The summed E-state index contributed by atoms with van der Waals surface area (Å²) in [4.78, 5) is 0. The zero-order valence-electron chi connectivity index (χ0n) is 14.7. The van der Waals surface area contributed by atoms with Gasteiger partial charge >= 0.3 is 0 Å². The summed E-state index contributed by atoms with van der Waals surface area (Å²) in [7, 11) is -1.64. The van der Waals surface area contributed by atoms with Crippen molar-refractivity contribution in [2.45, 2.75) is 77.2 Å². The van der Waals surface area contributed by atoms with Gasteiger partial charge < -0.3 is 13.9 Å². The zero-order valence-corrected chi connectivity index (χ0v) is 15.7. The fourth-order valence-electron chi connectivity index (χ4n) is 1.98. The maximum atomic E-state index is 6.15. The van der Waals surface area contributed by atoms with E-state index in [0.717, 1.165) is 13.0 Å². The first-order valence-electron chi connectivity index (χ1n) is 7.77. The van der Waals surface area contributed by atoms with E-state index < -0.39 is 14.1 Å². The van der Waals surface area contributed by atoms with Crippen LogP contribution in [0.25, 0.3) is 0 Å². The number of hydrogen-bond donors (Lipinski definition) is 0. The molecular weight excluding hydrogens is 280 g/mol. The molecule has 0 amide bonds. The SMILES string of the molecule is C=C[C@@H]1OC(C)(C)O[C@H]1/C=C/CCO[Si](C)(C)C(C)(C)C. The van der Waals surface area contributed by atoms with Crippen LogP contribution in [0.5, 0.6) is 0 Å². The molecule has 0 radical (unpaired) electrons. The average Bonchev–Trinajstić information content (AvgIpc) is 2.62. The fraction of sp³-hybridized carbons (Fsp3) is 0.765. The minimum Gasteiger partial charge on any atom is -0.417 e. The highest BCUT2D eigenvalue weighted by Gasteiger charge is 2.38. The summed E-state index contributed by atoms with van der Waals surface area (Å²) in [5, 5.41) is 0.261. The molecule has 0 saturated carbocycles. The second kappa shape index (κ2) is 6.78. The van der Waals surface area contributed by atoms with E-state index in [9.17, 15) is 0 Å². The Labute approximate surface area is 131 Å². The zero-order chi connectivity index (χ0) is 16.3. The Bertz CT molecular complexity index is 380. The van der Waals surface area contributed by atoms with E-state index in [0.29, 0.717) is 0 Å². The van der Waals surface area contributed by atoms with E-state index in [1.54, 1.807) is 6.08 Å². The Morgan fingerprint density at radius 3 is 2.29 bits per heavy atom. The molecule has 1 rings (SSSR count). The van der Waals surface area contributed by atoms with Crippen LogP contribution in [0.3, 0.4) is 0 Å². The molecule has 0 spiro atoms. The topological polar surface area (TPSA) is 27.7 Å². The van der Waals surface area contributed by atoms with E-state index in [4.69, 9.17) is 13.9 Å². The predicted octanol–water partition coefficient (Wildman–Crippen LogP) is 4.66. The van der Waals surface area contributed by atoms with Crippen molar-refractivity contribution in [1.29, 1.82) is 0 Å². The molecule has 1 heterocycles. The molecule has 0 aromatic rings. The first-order valence-corrected chi connectivity index (χ1v) is 10.7. The lowest BCUT2D eigenvalue weighted by Gasteiger charge is -2.36. The molecule has 3 nitrogen and oxygen atoms in total. The molecule has 0 unspecified atom stereocenters. The summed E-state index contributed by atoms with van der Waals surface area (Å²) >= 11 is 0. The molecule has 0 aromatic carbocycles. The Hall–Kier alpha value is -0.423. The second-order valence-electron chi connectivity index (χ2n) is 7.63. The van der Waals surface area contributed by atoms with Gasteiger partial charge in [0, 0.05) is 6.61 Å². The Morgan fingerprint density at radius 2 is 1.76 bits per heavy atom. The molecule has 0 bridgehead atoms. The van der Waals surface area contributed by atoms with Crippen molar-refractivity contribution < 1.29 is 13.9 Å². The largest absolute Gasteiger partial charge is 0.417 e. The molecule has 122 valence electrons. The lowest BCUT2D eigenvalue weighted by molar-refractivity contribution is -0.138. The van der Waals surface area contributed by atoms with Crippen LogP contribution in [-0.4, -0.2) is 32.9 Å². The quantitative estimate of drug-likeness (QED) is 0.405. The third-order valence-electron chi connectivity index (χ3n) is 4.28. The van der Waals surface area contributed by atoms with Gasteiger partial charge in [0.1, 0.15) is 12.2 Å². The second-order valence-corrected chi connectivity index (χ2v) is 12.4. The average molecular weight is 313 g/mol. The van der Waals surface area contributed by atoms with Gasteiger partial charge in [-0.25, -0.2) is 0 Å². The van der Waals surface area contributed by atoms with E-state index >= 15 is 0 Å². The van der Waals surface area contributed by atoms with Gasteiger partial charge in [-0.3, -0.25) is 0 Å². The van der Waals surface area contributed by atoms with Gasteiger partial charge in [0.15, 0.2) is 14.1 Å². The smallest absolute Gasteiger partial charge is 0.191 e. The van der Waals surface area contributed by atoms with Gasteiger partial charge in [0.2, 0.25) is 0 Å². The van der Waals surface area contributed by atoms with Crippen LogP contribution in [0.2, 0.25) is 18.1 Å². The monoisotopic (exact) mass is 312 g/mol. The van der Waals surface area contributed by atoms with Gasteiger partial charge in [-0.05, 0) is 38.4 Å². The summed E-state index contributed by atoms with van der Waals surface area (Å²) in [6.45, 7) is 19.8. The van der Waals surface area contributed by atoms with Crippen LogP contribution in [0.1, 0.15) is 41.0 Å². The summed E-state index contributed by atoms with van der Waals surface area (Å²) in [6.07, 6.45) is 6.77. The van der Waals surface area contributed by atoms with Crippen LogP contribution in [0, 0.1) is 0 Å². The summed E-state index contributed by atoms with van der Waals surface area (Å²) in [5.41, 5.74) is 0. The first kappa shape index (κ1) is 18.6. The first-order chi connectivity index (χ1) is 9.48. The minimum atomic E-state index is -1.64. The van der Waals surface area contributed by atoms with Crippen molar-refractivity contribution in [2.24, 2.45) is 0 Å². The Morgan fingerprint density at radius 1 is 1.19 bits per heavy atom. The van der Waals surface area contributed by atoms with Gasteiger partial charge in [-0.1, -0.05) is 39.0 Å². The molecule has 4 heteroatoms. The Kier molecular flexibility index (Phi) is 6.01. The normalized spacial score (nSPS) is 26.4. The molecule has 0 N–H and O–H groups in total. The third kappa shape index (κ3) is 5.36. The molecule has 1 aliphatic rings. The van der Waals surface area contributed by atoms with E-state index in [-0.39, 0.29) is 17.2 Å². The summed E-state index contributed by atoms with van der Waals surface area (Å²) in [5.74, 6) is -0.536. The number of hydrogen-bond acceptors (Lipinski definition) is 3. The predicted molar refractivity (Wildman–Crippen MR) is 90.9 cm³/mol. The van der Waals surface area contributed by atoms with Gasteiger partial charge in [0.25, 0.3) is 0 Å². The van der Waals surface area contributed by atoms with Crippen molar-refractivity contribution in [1.82, 2.24) is 0 Å². The highest BCUT2D eigenvalue weighted by Crippen LogP contribution is 2.36. The molecule has 2 atom stereocenters. The van der Waals surface area contributed by atoms with Crippen LogP contribution in [0.4, 0.5) is 0 Å². The maximum absolute atomic E-state index is 6.15. The summed E-state index contributed by atoms with van der Waals surface area (Å²) in [6, 6.07) is 0. The van der Waals surface area contributed by atoms with Gasteiger partial charge in [-0.15, -0.1) is 6.58 Å². The highest BCUT2D eigenvalue weighted by molar-refractivity contribution is 6.74. The molecule has 0 aliphatic carbocycles. The van der Waals surface area contributed by atoms with Crippen LogP contribution >= 0.6 is 0 Å². The Balaban J connectivity index is 2.41. The molecule has 21 heavy (non-hydrogen) atoms. The number of ether oxygens (including phenoxy) is 2. The third-order valence-corrected chi connectivity index (χ3v) is 8.81. The summed E-state index contributed by atoms with van der Waals surface area (Å²) < 4.78 is 17.7. The van der Waals surface area contributed by atoms with E-state index in [1.807, 2.05) is 13.8 Å². The van der Waals surface area contributed by atoms with Crippen molar-refractivity contribution in [2.75, 3.05) is 6.61 Å². The standard InChI is InChI=1S/C17H32O3Si/c1-9-14-15(20-17(5,6)19-14)12-10-11-13-18-21(7,8)16(2,3)4/h9-10,12,14-15H,1,11,13H2,2-8H3/b12-10+/t14-,15-/m0/s1.